The van der Waals surface area contributed by atoms with Gasteiger partial charge in [0.15, 0.2) is 0 Å². The van der Waals surface area contributed by atoms with Gasteiger partial charge in [-0.15, -0.1) is 0 Å². The van der Waals surface area contributed by atoms with Crippen molar-refractivity contribution in [2.24, 2.45) is 5.41 Å². The Kier molecular flexibility index (Phi) is 5.40. The van der Waals surface area contributed by atoms with Crippen molar-refractivity contribution in [1.29, 1.82) is 0 Å². The van der Waals surface area contributed by atoms with Gasteiger partial charge in [-0.25, -0.2) is 4.98 Å². The maximum Gasteiger partial charge on any atom is 0.311 e. The van der Waals surface area contributed by atoms with Gasteiger partial charge < -0.3 is 14.7 Å². The minimum absolute atomic E-state index is 0.378. The number of carboxylic acids is 1. The summed E-state index contributed by atoms with van der Waals surface area (Å²) < 4.78 is 5.76. The molecule has 1 saturated heterocycles. The number of carbonyl (C=O) groups is 1. The third-order valence-electron chi connectivity index (χ3n) is 4.97. The van der Waals surface area contributed by atoms with Crippen molar-refractivity contribution in [2.45, 2.75) is 33.1 Å². The molecule has 0 aliphatic carbocycles. The van der Waals surface area contributed by atoms with Gasteiger partial charge in [0.25, 0.3) is 0 Å². The van der Waals surface area contributed by atoms with Gasteiger partial charge in [-0.3, -0.25) is 9.78 Å². The summed E-state index contributed by atoms with van der Waals surface area (Å²) in [5.41, 5.74) is 0.840. The Morgan fingerprint density at radius 2 is 2.08 bits per heavy atom. The van der Waals surface area contributed by atoms with Crippen LogP contribution in [0.1, 0.15) is 30.7 Å². The average molecular weight is 355 g/mol. The molecule has 0 unspecified atom stereocenters. The highest BCUT2D eigenvalue weighted by Crippen LogP contribution is 2.36. The third kappa shape index (κ3) is 3.95. The number of aryl methyl sites for hydroxylation is 2. The van der Waals surface area contributed by atoms with Crippen molar-refractivity contribution in [3.05, 3.63) is 47.9 Å². The van der Waals surface area contributed by atoms with E-state index in [1.54, 1.807) is 6.20 Å². The molecule has 1 atom stereocenters. The first kappa shape index (κ1) is 18.2. The zero-order chi connectivity index (χ0) is 18.6. The summed E-state index contributed by atoms with van der Waals surface area (Å²) in [5.74, 6) is 0.789. The molecule has 2 aromatic rings. The van der Waals surface area contributed by atoms with Crippen LogP contribution in [0.2, 0.25) is 0 Å². The predicted molar refractivity (Wildman–Crippen MR) is 99.6 cm³/mol. The Bertz CT molecular complexity index is 766. The summed E-state index contributed by atoms with van der Waals surface area (Å²) in [6.07, 6.45) is 3.66. The van der Waals surface area contributed by atoms with Crippen molar-refractivity contribution in [1.82, 2.24) is 9.97 Å². The number of hydrogen-bond donors (Lipinski definition) is 1. The molecule has 1 aliphatic rings. The Morgan fingerprint density at radius 3 is 2.81 bits per heavy atom. The van der Waals surface area contributed by atoms with Crippen molar-refractivity contribution in [2.75, 3.05) is 24.6 Å². The van der Waals surface area contributed by atoms with Crippen LogP contribution in [0.5, 0.6) is 5.75 Å². The molecule has 26 heavy (non-hydrogen) atoms. The van der Waals surface area contributed by atoms with Crippen LogP contribution in [0.15, 0.2) is 36.5 Å². The second-order valence-electron chi connectivity index (χ2n) is 6.94. The number of rotatable bonds is 6. The van der Waals surface area contributed by atoms with E-state index in [-0.39, 0.29) is 0 Å². The smallest absolute Gasteiger partial charge is 0.311 e. The summed E-state index contributed by atoms with van der Waals surface area (Å²) in [4.78, 5) is 23.2. The second-order valence-corrected chi connectivity index (χ2v) is 6.94. The van der Waals surface area contributed by atoms with Crippen LogP contribution in [-0.4, -0.2) is 40.7 Å². The molecule has 1 aliphatic heterocycles. The molecule has 1 aromatic heterocycles. The standard InChI is InChI=1S/C20H25N3O3/c1-15-13-21-16(2)18(22-15)23-11-6-9-20(14-23,19(24)25)10-12-26-17-7-4-3-5-8-17/h3-5,7-8,13H,6,9-12,14H2,1-2H3,(H,24,25)/t20-/m0/s1. The summed E-state index contributed by atoms with van der Waals surface area (Å²) >= 11 is 0. The van der Waals surface area contributed by atoms with Crippen molar-refractivity contribution < 1.29 is 14.6 Å². The molecule has 0 radical (unpaired) electrons. The van der Waals surface area contributed by atoms with E-state index in [1.165, 1.54) is 0 Å². The molecule has 0 amide bonds. The molecule has 0 spiro atoms. The van der Waals surface area contributed by atoms with E-state index in [0.717, 1.165) is 35.9 Å². The van der Waals surface area contributed by atoms with Gasteiger partial charge in [0.1, 0.15) is 11.6 Å². The SMILES string of the molecule is Cc1cnc(C)c(N2CCC[C@@](CCOc3ccccc3)(C(=O)O)C2)n1. The highest BCUT2D eigenvalue weighted by atomic mass is 16.5. The van der Waals surface area contributed by atoms with E-state index in [9.17, 15) is 9.90 Å². The molecule has 1 N–H and O–H groups in total. The first-order valence-corrected chi connectivity index (χ1v) is 8.97. The van der Waals surface area contributed by atoms with E-state index < -0.39 is 11.4 Å². The van der Waals surface area contributed by atoms with E-state index in [2.05, 4.69) is 14.9 Å². The number of carboxylic acid groups (broad SMARTS) is 1. The summed E-state index contributed by atoms with van der Waals surface area (Å²) in [6, 6.07) is 9.50. The zero-order valence-electron chi connectivity index (χ0n) is 15.3. The molecule has 2 heterocycles. The number of para-hydroxylation sites is 1. The second kappa shape index (κ2) is 7.72. The maximum atomic E-state index is 12.1. The number of ether oxygens (including phenoxy) is 1. The quantitative estimate of drug-likeness (QED) is 0.857. The average Bonchev–Trinajstić information content (AvgIpc) is 2.65. The summed E-state index contributed by atoms with van der Waals surface area (Å²) in [6.45, 7) is 5.42. The monoisotopic (exact) mass is 355 g/mol. The van der Waals surface area contributed by atoms with Gasteiger partial charge in [-0.1, -0.05) is 18.2 Å². The molecule has 3 rings (SSSR count). The first-order chi connectivity index (χ1) is 12.5. The number of anilines is 1. The first-order valence-electron chi connectivity index (χ1n) is 8.97. The molecule has 1 aromatic carbocycles. The van der Waals surface area contributed by atoms with Crippen molar-refractivity contribution >= 4 is 11.8 Å². The third-order valence-corrected chi connectivity index (χ3v) is 4.97. The van der Waals surface area contributed by atoms with E-state index >= 15 is 0 Å². The molecular weight excluding hydrogens is 330 g/mol. The van der Waals surface area contributed by atoms with Crippen LogP contribution in [-0.2, 0) is 4.79 Å². The highest BCUT2D eigenvalue weighted by molar-refractivity contribution is 5.76. The van der Waals surface area contributed by atoms with Gasteiger partial charge >= 0.3 is 5.97 Å². The van der Waals surface area contributed by atoms with E-state index in [4.69, 9.17) is 4.74 Å². The zero-order valence-corrected chi connectivity index (χ0v) is 15.3. The molecular formula is C20H25N3O3. The lowest BCUT2D eigenvalue weighted by molar-refractivity contribution is -0.150. The molecule has 6 nitrogen and oxygen atoms in total. The maximum absolute atomic E-state index is 12.1. The Labute approximate surface area is 153 Å². The molecule has 1 fully saturated rings. The molecule has 0 bridgehead atoms. The Morgan fingerprint density at radius 1 is 1.31 bits per heavy atom. The summed E-state index contributed by atoms with van der Waals surface area (Å²) in [7, 11) is 0. The van der Waals surface area contributed by atoms with Gasteiger partial charge in [-0.2, -0.15) is 0 Å². The number of aliphatic carboxylic acids is 1. The van der Waals surface area contributed by atoms with Crippen LogP contribution in [0.4, 0.5) is 5.82 Å². The minimum atomic E-state index is -0.828. The van der Waals surface area contributed by atoms with E-state index in [1.807, 2.05) is 44.2 Å². The molecule has 0 saturated carbocycles. The van der Waals surface area contributed by atoms with Gasteiger partial charge in [-0.05, 0) is 45.2 Å². The summed E-state index contributed by atoms with van der Waals surface area (Å²) in [5, 5.41) is 9.96. The lowest BCUT2D eigenvalue weighted by Gasteiger charge is -2.40. The number of aromatic nitrogens is 2. The Hall–Kier alpha value is -2.63. The van der Waals surface area contributed by atoms with Crippen LogP contribution in [0.25, 0.3) is 0 Å². The van der Waals surface area contributed by atoms with Crippen molar-refractivity contribution in [3.63, 3.8) is 0 Å². The topological polar surface area (TPSA) is 75.6 Å². The Balaban J connectivity index is 1.73. The fraction of sp³-hybridized carbons (Fsp3) is 0.450. The minimum Gasteiger partial charge on any atom is -0.494 e. The number of hydrogen-bond acceptors (Lipinski definition) is 5. The fourth-order valence-electron chi connectivity index (χ4n) is 3.50. The lowest BCUT2D eigenvalue weighted by atomic mass is 9.77. The van der Waals surface area contributed by atoms with Gasteiger partial charge in [0, 0.05) is 19.3 Å². The number of nitrogens with zero attached hydrogens (tertiary/aromatic N) is 3. The largest absolute Gasteiger partial charge is 0.494 e. The predicted octanol–water partition coefficient (Wildman–Crippen LogP) is 3.23. The van der Waals surface area contributed by atoms with E-state index in [0.29, 0.717) is 26.0 Å². The van der Waals surface area contributed by atoms with Crippen LogP contribution < -0.4 is 9.64 Å². The van der Waals surface area contributed by atoms with Crippen LogP contribution in [0, 0.1) is 19.3 Å². The highest BCUT2D eigenvalue weighted by Gasteiger charge is 2.43. The molecule has 6 heteroatoms. The van der Waals surface area contributed by atoms with Crippen molar-refractivity contribution in [3.8, 4) is 5.75 Å². The number of benzene rings is 1. The van der Waals surface area contributed by atoms with Gasteiger partial charge in [0.05, 0.1) is 23.4 Å². The van der Waals surface area contributed by atoms with Gasteiger partial charge in [0.2, 0.25) is 0 Å². The molecule has 138 valence electrons. The van der Waals surface area contributed by atoms with Crippen LogP contribution in [0.3, 0.4) is 0 Å². The fourth-order valence-corrected chi connectivity index (χ4v) is 3.50. The number of piperidine rings is 1. The van der Waals surface area contributed by atoms with Crippen LogP contribution >= 0.6 is 0 Å². The lowest BCUT2D eigenvalue weighted by Crippen LogP contribution is -2.49. The normalized spacial score (nSPS) is 20.0.